The second kappa shape index (κ2) is 9.83. The SMILES string of the molecule is CC(=O)c1nnc(CCCCn2ccc(NC(=O)Cc3ccccn3)cc2=O)s1. The van der Waals surface area contributed by atoms with Gasteiger partial charge in [-0.25, -0.2) is 0 Å². The zero-order valence-corrected chi connectivity index (χ0v) is 16.8. The maximum absolute atomic E-state index is 12.3. The lowest BCUT2D eigenvalue weighted by Gasteiger charge is -2.08. The summed E-state index contributed by atoms with van der Waals surface area (Å²) in [6.07, 6.45) is 5.82. The van der Waals surface area contributed by atoms with Crippen molar-refractivity contribution in [1.29, 1.82) is 0 Å². The van der Waals surface area contributed by atoms with Crippen LogP contribution >= 0.6 is 11.3 Å². The van der Waals surface area contributed by atoms with Crippen LogP contribution in [-0.2, 0) is 24.2 Å². The number of unbranched alkanes of at least 4 members (excludes halogenated alkanes) is 1. The number of nitrogens with one attached hydrogen (secondary N) is 1. The Morgan fingerprint density at radius 3 is 2.72 bits per heavy atom. The van der Waals surface area contributed by atoms with Crippen LogP contribution in [0.5, 0.6) is 0 Å². The predicted octanol–water partition coefficient (Wildman–Crippen LogP) is 2.50. The number of nitrogens with zero attached hydrogens (tertiary/aromatic N) is 4. The highest BCUT2D eigenvalue weighted by Gasteiger charge is 2.08. The molecule has 8 nitrogen and oxygen atoms in total. The lowest BCUT2D eigenvalue weighted by Crippen LogP contribution is -2.21. The molecule has 0 aliphatic heterocycles. The standard InChI is InChI=1S/C20H21N5O3S/c1-14(26)20-24-23-18(29-20)7-3-5-10-25-11-8-16(13-19(25)28)22-17(27)12-15-6-2-4-9-21-15/h2,4,6,8-9,11,13H,3,5,7,10,12H2,1H3,(H,22,27). The van der Waals surface area contributed by atoms with E-state index in [2.05, 4.69) is 20.5 Å². The molecule has 9 heteroatoms. The molecule has 0 unspecified atom stereocenters. The minimum absolute atomic E-state index is 0.0764. The van der Waals surface area contributed by atoms with Crippen molar-refractivity contribution in [2.45, 2.75) is 39.2 Å². The summed E-state index contributed by atoms with van der Waals surface area (Å²) in [4.78, 5) is 39.7. The first-order valence-electron chi connectivity index (χ1n) is 9.25. The van der Waals surface area contributed by atoms with Gasteiger partial charge in [0.15, 0.2) is 10.8 Å². The fourth-order valence-electron chi connectivity index (χ4n) is 2.70. The van der Waals surface area contributed by atoms with Crippen molar-refractivity contribution < 1.29 is 9.59 Å². The van der Waals surface area contributed by atoms with Gasteiger partial charge in [-0.1, -0.05) is 17.4 Å². The van der Waals surface area contributed by atoms with Gasteiger partial charge in [0.1, 0.15) is 5.01 Å². The Hall–Kier alpha value is -3.20. The highest BCUT2D eigenvalue weighted by atomic mass is 32.1. The fraction of sp³-hybridized carbons (Fsp3) is 0.300. The number of aromatic nitrogens is 4. The largest absolute Gasteiger partial charge is 0.325 e. The molecule has 3 aromatic heterocycles. The summed E-state index contributed by atoms with van der Waals surface area (Å²) in [6, 6.07) is 8.52. The molecule has 150 valence electrons. The maximum atomic E-state index is 12.3. The molecule has 3 rings (SSSR count). The number of amides is 1. The van der Waals surface area contributed by atoms with Crippen molar-refractivity contribution >= 4 is 28.7 Å². The van der Waals surface area contributed by atoms with Crippen molar-refractivity contribution in [3.63, 3.8) is 0 Å². The van der Waals surface area contributed by atoms with Crippen molar-refractivity contribution in [3.8, 4) is 0 Å². The Bertz CT molecular complexity index is 1050. The van der Waals surface area contributed by atoms with Crippen LogP contribution in [0.15, 0.2) is 47.5 Å². The molecule has 0 radical (unpaired) electrons. The van der Waals surface area contributed by atoms with Gasteiger partial charge in [0.05, 0.1) is 6.42 Å². The highest BCUT2D eigenvalue weighted by Crippen LogP contribution is 2.13. The third-order valence-corrected chi connectivity index (χ3v) is 5.24. The van der Waals surface area contributed by atoms with E-state index in [1.54, 1.807) is 35.2 Å². The number of hydrogen-bond acceptors (Lipinski definition) is 7. The van der Waals surface area contributed by atoms with E-state index in [0.29, 0.717) is 22.9 Å². The first-order valence-corrected chi connectivity index (χ1v) is 10.1. The number of anilines is 1. The fourth-order valence-corrected chi connectivity index (χ4v) is 3.47. The van der Waals surface area contributed by atoms with Gasteiger partial charge in [-0.15, -0.1) is 10.2 Å². The summed E-state index contributed by atoms with van der Waals surface area (Å²) in [5, 5.41) is 11.8. The third kappa shape index (κ3) is 6.15. The topological polar surface area (TPSA) is 107 Å². The van der Waals surface area contributed by atoms with Gasteiger partial charge in [0.2, 0.25) is 5.91 Å². The molecular formula is C20H21N5O3S. The van der Waals surface area contributed by atoms with E-state index in [9.17, 15) is 14.4 Å². The van der Waals surface area contributed by atoms with Crippen LogP contribution in [0.25, 0.3) is 0 Å². The lowest BCUT2D eigenvalue weighted by atomic mass is 10.2. The van der Waals surface area contributed by atoms with Crippen LogP contribution < -0.4 is 10.9 Å². The van der Waals surface area contributed by atoms with E-state index in [1.165, 1.54) is 24.3 Å². The summed E-state index contributed by atoms with van der Waals surface area (Å²) < 4.78 is 1.61. The summed E-state index contributed by atoms with van der Waals surface area (Å²) in [7, 11) is 0. The summed E-state index contributed by atoms with van der Waals surface area (Å²) in [5.41, 5.74) is 0.970. The van der Waals surface area contributed by atoms with Crippen LogP contribution in [0.4, 0.5) is 5.69 Å². The Kier molecular flexibility index (Phi) is 6.96. The predicted molar refractivity (Wildman–Crippen MR) is 110 cm³/mol. The molecule has 0 atom stereocenters. The van der Waals surface area contributed by atoms with Crippen LogP contribution in [-0.4, -0.2) is 31.4 Å². The molecular weight excluding hydrogens is 390 g/mol. The molecule has 0 spiro atoms. The van der Waals surface area contributed by atoms with E-state index >= 15 is 0 Å². The van der Waals surface area contributed by atoms with Crippen molar-refractivity contribution in [2.24, 2.45) is 0 Å². The number of ketones is 1. The minimum Gasteiger partial charge on any atom is -0.325 e. The Labute approximate surface area is 171 Å². The van der Waals surface area contributed by atoms with Gasteiger partial charge in [-0.2, -0.15) is 0 Å². The van der Waals surface area contributed by atoms with Gasteiger partial charge in [-0.3, -0.25) is 19.4 Å². The average Bonchev–Trinajstić information content (AvgIpc) is 3.17. The number of aryl methyl sites for hydroxylation is 2. The molecule has 0 fully saturated rings. The van der Waals surface area contributed by atoms with Crippen LogP contribution in [0, 0.1) is 0 Å². The van der Waals surface area contributed by atoms with Gasteiger partial charge >= 0.3 is 0 Å². The number of pyridine rings is 2. The van der Waals surface area contributed by atoms with E-state index in [4.69, 9.17) is 0 Å². The van der Waals surface area contributed by atoms with E-state index in [0.717, 1.165) is 24.3 Å². The summed E-state index contributed by atoms with van der Waals surface area (Å²) >= 11 is 1.31. The van der Waals surface area contributed by atoms with Crippen LogP contribution in [0.2, 0.25) is 0 Å². The number of rotatable bonds is 9. The molecule has 3 heterocycles. The zero-order chi connectivity index (χ0) is 20.6. The molecule has 0 aliphatic rings. The lowest BCUT2D eigenvalue weighted by molar-refractivity contribution is -0.115. The number of Topliss-reactive ketones (excluding diaryl/α,β-unsaturated/α-hetero) is 1. The molecule has 0 saturated heterocycles. The molecule has 0 saturated carbocycles. The van der Waals surface area contributed by atoms with Crippen LogP contribution in [0.1, 0.15) is 40.3 Å². The first-order chi connectivity index (χ1) is 14.0. The maximum Gasteiger partial charge on any atom is 0.252 e. The number of carbonyl (C=O) groups is 2. The average molecular weight is 411 g/mol. The smallest absolute Gasteiger partial charge is 0.252 e. The molecule has 0 bridgehead atoms. The molecule has 3 aromatic rings. The third-order valence-electron chi connectivity index (χ3n) is 4.16. The number of hydrogen-bond donors (Lipinski definition) is 1. The van der Waals surface area contributed by atoms with Crippen molar-refractivity contribution in [3.05, 3.63) is 68.8 Å². The summed E-state index contributed by atoms with van der Waals surface area (Å²) in [6.45, 7) is 2.04. The number of carbonyl (C=O) groups excluding carboxylic acids is 2. The second-order valence-electron chi connectivity index (χ2n) is 6.51. The van der Waals surface area contributed by atoms with Crippen LogP contribution in [0.3, 0.4) is 0 Å². The van der Waals surface area contributed by atoms with E-state index < -0.39 is 0 Å². The van der Waals surface area contributed by atoms with Gasteiger partial charge < -0.3 is 9.88 Å². The monoisotopic (exact) mass is 411 g/mol. The molecule has 29 heavy (non-hydrogen) atoms. The molecule has 1 N–H and O–H groups in total. The first kappa shape index (κ1) is 20.5. The van der Waals surface area contributed by atoms with Crippen molar-refractivity contribution in [1.82, 2.24) is 19.7 Å². The van der Waals surface area contributed by atoms with Gasteiger partial charge in [-0.05, 0) is 31.0 Å². The van der Waals surface area contributed by atoms with Gasteiger partial charge in [0.25, 0.3) is 5.56 Å². The molecule has 0 aromatic carbocycles. The molecule has 0 aliphatic carbocycles. The normalized spacial score (nSPS) is 10.7. The highest BCUT2D eigenvalue weighted by molar-refractivity contribution is 7.13. The summed E-state index contributed by atoms with van der Waals surface area (Å²) in [5.74, 6) is -0.296. The van der Waals surface area contributed by atoms with Crippen molar-refractivity contribution in [2.75, 3.05) is 5.32 Å². The Balaban J connectivity index is 1.47. The second-order valence-corrected chi connectivity index (χ2v) is 7.57. The Morgan fingerprint density at radius 2 is 2.03 bits per heavy atom. The van der Waals surface area contributed by atoms with E-state index in [1.807, 2.05) is 6.07 Å². The van der Waals surface area contributed by atoms with E-state index in [-0.39, 0.29) is 23.7 Å². The molecule has 1 amide bonds. The quantitative estimate of drug-likeness (QED) is 0.428. The van der Waals surface area contributed by atoms with Gasteiger partial charge in [0, 0.05) is 49.7 Å². The Morgan fingerprint density at radius 1 is 1.17 bits per heavy atom. The minimum atomic E-state index is -0.220. The zero-order valence-electron chi connectivity index (χ0n) is 16.0.